The number of hydrogen-bond acceptors (Lipinski definition) is 7. The first-order chi connectivity index (χ1) is 15.5. The molecule has 0 atom stereocenters. The van der Waals surface area contributed by atoms with Crippen molar-refractivity contribution in [2.24, 2.45) is 0 Å². The molecule has 1 aliphatic rings. The maximum Gasteiger partial charge on any atom is 0.227 e. The summed E-state index contributed by atoms with van der Waals surface area (Å²) in [5.41, 5.74) is 4.17. The number of pyridine rings is 1. The van der Waals surface area contributed by atoms with Gasteiger partial charge in [0.15, 0.2) is 5.13 Å². The lowest BCUT2D eigenvalue weighted by Crippen LogP contribution is -2.30. The van der Waals surface area contributed by atoms with Crippen molar-refractivity contribution in [2.45, 2.75) is 13.3 Å². The van der Waals surface area contributed by atoms with Crippen LogP contribution in [0, 0.1) is 12.7 Å². The molecule has 6 nitrogen and oxygen atoms in total. The van der Waals surface area contributed by atoms with Gasteiger partial charge in [-0.05, 0) is 43.2 Å². The Bertz CT molecular complexity index is 1360. The molecule has 0 radical (unpaired) electrons. The Labute approximate surface area is 193 Å². The molecule has 1 aliphatic heterocycles. The van der Waals surface area contributed by atoms with Gasteiger partial charge in [-0.3, -0.25) is 4.98 Å². The van der Waals surface area contributed by atoms with Gasteiger partial charge < -0.3 is 14.6 Å². The second kappa shape index (κ2) is 8.37. The van der Waals surface area contributed by atoms with Crippen molar-refractivity contribution in [3.63, 3.8) is 0 Å². The molecule has 0 amide bonds. The SMILES string of the molecule is C=C(Nc1nc2ccc(F)cc2s1)N1CC=C(c2ncc(-c3nc(C)co3)cc2Cl)CC1. The standard InChI is InChI=1S/C23H19ClFN5OS/c1-13-12-31-22(27-13)16-9-18(24)21(26-11-16)15-5-7-30(8-6-15)14(2)28-23-29-19-4-3-17(25)10-20(19)32-23/h3-5,9-12H,2,6-8H2,1H3,(H,28,29). The second-order valence-electron chi connectivity index (χ2n) is 7.48. The number of oxazole rings is 1. The van der Waals surface area contributed by atoms with Gasteiger partial charge in [-0.2, -0.15) is 0 Å². The number of aryl methyl sites for hydroxylation is 1. The average molecular weight is 468 g/mol. The van der Waals surface area contributed by atoms with E-state index in [0.717, 1.165) is 51.5 Å². The van der Waals surface area contributed by atoms with Gasteiger partial charge in [-0.25, -0.2) is 14.4 Å². The summed E-state index contributed by atoms with van der Waals surface area (Å²) in [6.45, 7) is 7.44. The molecule has 0 saturated carbocycles. The van der Waals surface area contributed by atoms with E-state index in [0.29, 0.717) is 22.6 Å². The van der Waals surface area contributed by atoms with Crippen LogP contribution in [-0.2, 0) is 0 Å². The first kappa shape index (κ1) is 20.7. The van der Waals surface area contributed by atoms with Gasteiger partial charge in [0.25, 0.3) is 0 Å². The Morgan fingerprint density at radius 2 is 2.19 bits per heavy atom. The van der Waals surface area contributed by atoms with Gasteiger partial charge in [0.2, 0.25) is 5.89 Å². The molecule has 4 aromatic rings. The highest BCUT2D eigenvalue weighted by atomic mass is 35.5. The van der Waals surface area contributed by atoms with Crippen molar-refractivity contribution in [1.29, 1.82) is 0 Å². The van der Waals surface area contributed by atoms with Crippen molar-refractivity contribution >= 4 is 43.9 Å². The molecule has 0 bridgehead atoms. The molecule has 0 aliphatic carbocycles. The van der Waals surface area contributed by atoms with Crippen molar-refractivity contribution in [1.82, 2.24) is 19.9 Å². The Balaban J connectivity index is 1.27. The highest BCUT2D eigenvalue weighted by Gasteiger charge is 2.19. The van der Waals surface area contributed by atoms with Crippen LogP contribution in [0.1, 0.15) is 17.8 Å². The monoisotopic (exact) mass is 467 g/mol. The van der Waals surface area contributed by atoms with Gasteiger partial charge in [-0.1, -0.05) is 35.6 Å². The molecule has 32 heavy (non-hydrogen) atoms. The van der Waals surface area contributed by atoms with E-state index in [1.54, 1.807) is 18.5 Å². The average Bonchev–Trinajstić information content (AvgIpc) is 3.39. The fourth-order valence-corrected chi connectivity index (χ4v) is 4.76. The number of halogens is 2. The molecule has 1 aromatic carbocycles. The van der Waals surface area contributed by atoms with Crippen LogP contribution in [0.3, 0.4) is 0 Å². The molecule has 5 rings (SSSR count). The van der Waals surface area contributed by atoms with E-state index in [1.165, 1.54) is 23.5 Å². The highest BCUT2D eigenvalue weighted by Crippen LogP contribution is 2.32. The summed E-state index contributed by atoms with van der Waals surface area (Å²) < 4.78 is 19.6. The Morgan fingerprint density at radius 3 is 2.91 bits per heavy atom. The first-order valence-electron chi connectivity index (χ1n) is 10.0. The summed E-state index contributed by atoms with van der Waals surface area (Å²) in [5, 5.41) is 4.50. The summed E-state index contributed by atoms with van der Waals surface area (Å²) in [4.78, 5) is 15.5. The van der Waals surface area contributed by atoms with Gasteiger partial charge >= 0.3 is 0 Å². The number of benzene rings is 1. The predicted molar refractivity (Wildman–Crippen MR) is 126 cm³/mol. The lowest BCUT2D eigenvalue weighted by molar-refractivity contribution is 0.384. The third kappa shape index (κ3) is 4.11. The fraction of sp³-hybridized carbons (Fsp3) is 0.174. The Hall–Kier alpha value is -3.23. The van der Waals surface area contributed by atoms with E-state index < -0.39 is 0 Å². The predicted octanol–water partition coefficient (Wildman–Crippen LogP) is 6.12. The zero-order chi connectivity index (χ0) is 22.2. The summed E-state index contributed by atoms with van der Waals surface area (Å²) >= 11 is 7.92. The van der Waals surface area contributed by atoms with Crippen molar-refractivity contribution in [3.05, 3.63) is 77.4 Å². The van der Waals surface area contributed by atoms with Gasteiger partial charge in [-0.15, -0.1) is 0 Å². The number of anilines is 1. The lowest BCUT2D eigenvalue weighted by atomic mass is 10.0. The van der Waals surface area contributed by atoms with E-state index in [9.17, 15) is 4.39 Å². The number of nitrogens with zero attached hydrogens (tertiary/aromatic N) is 4. The van der Waals surface area contributed by atoms with Gasteiger partial charge in [0, 0.05) is 19.3 Å². The van der Waals surface area contributed by atoms with Crippen molar-refractivity contribution in [2.75, 3.05) is 18.4 Å². The highest BCUT2D eigenvalue weighted by molar-refractivity contribution is 7.22. The molecule has 0 fully saturated rings. The largest absolute Gasteiger partial charge is 0.444 e. The van der Waals surface area contributed by atoms with E-state index in [-0.39, 0.29) is 5.82 Å². The van der Waals surface area contributed by atoms with Crippen LogP contribution in [0.25, 0.3) is 27.2 Å². The first-order valence-corrected chi connectivity index (χ1v) is 11.2. The number of rotatable bonds is 5. The summed E-state index contributed by atoms with van der Waals surface area (Å²) in [6, 6.07) is 6.41. The topological polar surface area (TPSA) is 67.1 Å². The molecule has 9 heteroatoms. The maximum atomic E-state index is 13.4. The quantitative estimate of drug-likeness (QED) is 0.381. The number of thiazole rings is 1. The van der Waals surface area contributed by atoms with Crippen LogP contribution in [0.5, 0.6) is 0 Å². The molecule has 3 aromatic heterocycles. The fourth-order valence-electron chi connectivity index (χ4n) is 3.56. The number of fused-ring (bicyclic) bond motifs is 1. The van der Waals surface area contributed by atoms with Gasteiger partial charge in [0.05, 0.1) is 32.2 Å². The molecular formula is C23H19ClFN5OS. The molecule has 0 unspecified atom stereocenters. The lowest BCUT2D eigenvalue weighted by Gasteiger charge is -2.29. The van der Waals surface area contributed by atoms with Gasteiger partial charge in [0.1, 0.15) is 17.9 Å². The van der Waals surface area contributed by atoms with Crippen LogP contribution >= 0.6 is 22.9 Å². The Kier molecular flexibility index (Phi) is 5.40. The second-order valence-corrected chi connectivity index (χ2v) is 8.91. The molecule has 1 N–H and O–H groups in total. The van der Waals surface area contributed by atoms with Crippen molar-refractivity contribution in [3.8, 4) is 11.5 Å². The Morgan fingerprint density at radius 1 is 1.31 bits per heavy atom. The number of aromatic nitrogens is 3. The van der Waals surface area contributed by atoms with Crippen LogP contribution < -0.4 is 5.32 Å². The van der Waals surface area contributed by atoms with E-state index in [2.05, 4.69) is 37.8 Å². The minimum Gasteiger partial charge on any atom is -0.444 e. The molecule has 0 spiro atoms. The number of nitrogens with one attached hydrogen (secondary N) is 1. The number of hydrogen-bond donors (Lipinski definition) is 1. The van der Waals surface area contributed by atoms with Crippen molar-refractivity contribution < 1.29 is 8.81 Å². The summed E-state index contributed by atoms with van der Waals surface area (Å²) in [5.74, 6) is 0.983. The summed E-state index contributed by atoms with van der Waals surface area (Å²) in [7, 11) is 0. The minimum absolute atomic E-state index is 0.268. The molecule has 4 heterocycles. The molecule has 162 valence electrons. The van der Waals surface area contributed by atoms with E-state index >= 15 is 0 Å². The zero-order valence-electron chi connectivity index (χ0n) is 17.2. The zero-order valence-corrected chi connectivity index (χ0v) is 18.8. The third-order valence-corrected chi connectivity index (χ3v) is 6.43. The van der Waals surface area contributed by atoms with Crippen LogP contribution in [-0.4, -0.2) is 32.9 Å². The summed E-state index contributed by atoms with van der Waals surface area (Å²) in [6.07, 6.45) is 6.21. The molecular weight excluding hydrogens is 449 g/mol. The van der Waals surface area contributed by atoms with E-state index in [1.807, 2.05) is 13.0 Å². The van der Waals surface area contributed by atoms with Crippen LogP contribution in [0.4, 0.5) is 9.52 Å². The van der Waals surface area contributed by atoms with E-state index in [4.69, 9.17) is 16.0 Å². The maximum absolute atomic E-state index is 13.4. The third-order valence-electron chi connectivity index (χ3n) is 5.20. The van der Waals surface area contributed by atoms with Crippen LogP contribution in [0.15, 0.2) is 59.6 Å². The minimum atomic E-state index is -0.268. The molecule has 0 saturated heterocycles. The van der Waals surface area contributed by atoms with Crippen LogP contribution in [0.2, 0.25) is 5.02 Å². The smallest absolute Gasteiger partial charge is 0.227 e. The normalized spacial score (nSPS) is 14.0.